The Morgan fingerprint density at radius 1 is 1.47 bits per heavy atom. The van der Waals surface area contributed by atoms with Crippen LogP contribution in [0, 0.1) is 0 Å². The average molecular weight is 255 g/mol. The van der Waals surface area contributed by atoms with E-state index in [1.807, 2.05) is 16.5 Å². The largest absolute Gasteiger partial charge is 0.342 e. The van der Waals surface area contributed by atoms with E-state index in [1.165, 1.54) is 0 Å². The summed E-state index contributed by atoms with van der Waals surface area (Å²) in [4.78, 5) is 13.3. The smallest absolute Gasteiger partial charge is 0.222 e. The zero-order chi connectivity index (χ0) is 12.3. The summed E-state index contributed by atoms with van der Waals surface area (Å²) in [5.74, 6) is 1.90. The van der Waals surface area contributed by atoms with Gasteiger partial charge < -0.3 is 15.2 Å². The van der Waals surface area contributed by atoms with E-state index >= 15 is 0 Å². The van der Waals surface area contributed by atoms with Crippen LogP contribution < -0.4 is 5.73 Å². The normalized spacial score (nSPS) is 15.9. The maximum absolute atomic E-state index is 11.4. The minimum atomic E-state index is 0.270. The van der Waals surface area contributed by atoms with Gasteiger partial charge in [0.05, 0.1) is 6.54 Å². The van der Waals surface area contributed by atoms with Crippen LogP contribution in [-0.2, 0) is 18.4 Å². The first-order chi connectivity index (χ1) is 8.22. The highest BCUT2D eigenvalue weighted by atomic mass is 32.2. The Kier molecular flexibility index (Phi) is 4.01. The molecule has 2 heterocycles. The van der Waals surface area contributed by atoms with Crippen molar-refractivity contribution in [3.05, 3.63) is 5.82 Å². The zero-order valence-corrected chi connectivity index (χ0v) is 10.7. The molecular weight excluding hydrogens is 238 g/mol. The number of carbonyl (C=O) groups excluding carboxylic acids is 1. The molecule has 2 N–H and O–H groups in total. The summed E-state index contributed by atoms with van der Waals surface area (Å²) >= 11 is 1.61. The first-order valence-corrected chi connectivity index (χ1v) is 6.70. The number of aromatic nitrogens is 3. The lowest BCUT2D eigenvalue weighted by atomic mass is 10.4. The molecule has 1 saturated heterocycles. The van der Waals surface area contributed by atoms with Crippen molar-refractivity contribution in [1.29, 1.82) is 0 Å². The first-order valence-electron chi connectivity index (χ1n) is 5.71. The third kappa shape index (κ3) is 2.78. The summed E-state index contributed by atoms with van der Waals surface area (Å²) in [5.41, 5.74) is 5.52. The summed E-state index contributed by atoms with van der Waals surface area (Å²) in [6.45, 7) is 2.08. The van der Waals surface area contributed by atoms with Gasteiger partial charge in [0.15, 0.2) is 5.16 Å². The maximum Gasteiger partial charge on any atom is 0.222 e. The molecule has 0 bridgehead atoms. The second-order valence-corrected chi connectivity index (χ2v) is 5.06. The van der Waals surface area contributed by atoms with Crippen LogP contribution >= 0.6 is 11.8 Å². The van der Waals surface area contributed by atoms with Crippen molar-refractivity contribution in [3.8, 4) is 0 Å². The van der Waals surface area contributed by atoms with Gasteiger partial charge in [0.25, 0.3) is 0 Å². The molecule has 1 amide bonds. The molecule has 6 nitrogen and oxygen atoms in total. The number of hydrogen-bond acceptors (Lipinski definition) is 5. The van der Waals surface area contributed by atoms with Crippen LogP contribution in [0.25, 0.3) is 0 Å². The highest BCUT2D eigenvalue weighted by Crippen LogP contribution is 2.17. The van der Waals surface area contributed by atoms with Crippen molar-refractivity contribution in [3.63, 3.8) is 0 Å². The lowest BCUT2D eigenvalue weighted by molar-refractivity contribution is -0.127. The van der Waals surface area contributed by atoms with Crippen LogP contribution in [0.4, 0.5) is 0 Å². The van der Waals surface area contributed by atoms with E-state index in [1.54, 1.807) is 11.8 Å². The molecule has 1 aromatic rings. The molecule has 1 aliphatic rings. The molecule has 17 heavy (non-hydrogen) atoms. The summed E-state index contributed by atoms with van der Waals surface area (Å²) in [5, 5.41) is 8.91. The van der Waals surface area contributed by atoms with Gasteiger partial charge >= 0.3 is 0 Å². The standard InChI is InChI=1S/C10H17N5OS/c1-14-8(7-11)12-13-10(14)17-6-5-15-4-2-3-9(15)16/h2-7,11H2,1H3. The van der Waals surface area contributed by atoms with Crippen LogP contribution in [0.3, 0.4) is 0 Å². The van der Waals surface area contributed by atoms with Gasteiger partial charge in [-0.05, 0) is 6.42 Å². The van der Waals surface area contributed by atoms with Gasteiger partial charge in [0, 0.05) is 32.3 Å². The Balaban J connectivity index is 1.81. The molecule has 0 spiro atoms. The third-order valence-corrected chi connectivity index (χ3v) is 3.87. The monoisotopic (exact) mass is 255 g/mol. The molecule has 1 aromatic heterocycles. The second kappa shape index (κ2) is 5.50. The number of rotatable bonds is 5. The molecule has 0 aromatic carbocycles. The Bertz CT molecular complexity index is 405. The summed E-state index contributed by atoms with van der Waals surface area (Å²) in [6.07, 6.45) is 1.69. The van der Waals surface area contributed by atoms with Crippen molar-refractivity contribution >= 4 is 17.7 Å². The molecule has 2 rings (SSSR count). The molecule has 0 unspecified atom stereocenters. The molecule has 1 aliphatic heterocycles. The van der Waals surface area contributed by atoms with E-state index in [0.717, 1.165) is 36.2 Å². The predicted octanol–water partition coefficient (Wildman–Crippen LogP) is -0.0117. The van der Waals surface area contributed by atoms with Crippen LogP contribution in [0.5, 0.6) is 0 Å². The van der Waals surface area contributed by atoms with Crippen molar-refractivity contribution in [2.75, 3.05) is 18.8 Å². The summed E-state index contributed by atoms with van der Waals surface area (Å²) in [6, 6.07) is 0. The van der Waals surface area contributed by atoms with Gasteiger partial charge in [-0.3, -0.25) is 4.79 Å². The zero-order valence-electron chi connectivity index (χ0n) is 9.93. The van der Waals surface area contributed by atoms with Gasteiger partial charge in [-0.1, -0.05) is 11.8 Å². The van der Waals surface area contributed by atoms with E-state index in [9.17, 15) is 4.79 Å². The molecule has 0 aliphatic carbocycles. The summed E-state index contributed by atoms with van der Waals surface area (Å²) in [7, 11) is 1.91. The minimum absolute atomic E-state index is 0.270. The number of nitrogens with zero attached hydrogens (tertiary/aromatic N) is 4. The molecule has 94 valence electrons. The second-order valence-electron chi connectivity index (χ2n) is 3.99. The lowest BCUT2D eigenvalue weighted by Crippen LogP contribution is -2.27. The molecule has 0 atom stereocenters. The van der Waals surface area contributed by atoms with E-state index in [2.05, 4.69) is 10.2 Å². The molecular formula is C10H17N5OS. The van der Waals surface area contributed by atoms with E-state index in [0.29, 0.717) is 13.0 Å². The summed E-state index contributed by atoms with van der Waals surface area (Å²) < 4.78 is 1.90. The fraction of sp³-hybridized carbons (Fsp3) is 0.700. The van der Waals surface area contributed by atoms with Crippen molar-refractivity contribution < 1.29 is 4.79 Å². The Hall–Kier alpha value is -1.08. The number of likely N-dealkylation sites (tertiary alicyclic amines) is 1. The van der Waals surface area contributed by atoms with Gasteiger partial charge in [-0.15, -0.1) is 10.2 Å². The highest BCUT2D eigenvalue weighted by molar-refractivity contribution is 7.99. The Morgan fingerprint density at radius 3 is 2.88 bits per heavy atom. The van der Waals surface area contributed by atoms with Crippen LogP contribution in [0.2, 0.25) is 0 Å². The van der Waals surface area contributed by atoms with Gasteiger partial charge in [-0.25, -0.2) is 0 Å². The van der Waals surface area contributed by atoms with E-state index in [4.69, 9.17) is 5.73 Å². The average Bonchev–Trinajstić information content (AvgIpc) is 2.87. The minimum Gasteiger partial charge on any atom is -0.342 e. The molecule has 7 heteroatoms. The van der Waals surface area contributed by atoms with Crippen molar-refractivity contribution in [2.45, 2.75) is 24.5 Å². The maximum atomic E-state index is 11.4. The fourth-order valence-electron chi connectivity index (χ4n) is 1.84. The topological polar surface area (TPSA) is 77.0 Å². The first kappa shape index (κ1) is 12.4. The van der Waals surface area contributed by atoms with Gasteiger partial charge in [0.1, 0.15) is 5.82 Å². The number of thioether (sulfide) groups is 1. The van der Waals surface area contributed by atoms with Crippen LogP contribution in [0.15, 0.2) is 5.16 Å². The van der Waals surface area contributed by atoms with Crippen molar-refractivity contribution in [2.24, 2.45) is 12.8 Å². The predicted molar refractivity (Wildman–Crippen MR) is 65.4 cm³/mol. The number of amides is 1. The van der Waals surface area contributed by atoms with E-state index in [-0.39, 0.29) is 5.91 Å². The number of nitrogens with two attached hydrogens (primary N) is 1. The van der Waals surface area contributed by atoms with Crippen LogP contribution in [0.1, 0.15) is 18.7 Å². The highest BCUT2D eigenvalue weighted by Gasteiger charge is 2.19. The third-order valence-electron chi connectivity index (χ3n) is 2.87. The molecule has 1 fully saturated rings. The number of carbonyl (C=O) groups is 1. The Labute approximate surface area is 105 Å². The van der Waals surface area contributed by atoms with Gasteiger partial charge in [-0.2, -0.15) is 0 Å². The lowest BCUT2D eigenvalue weighted by Gasteiger charge is -2.14. The quantitative estimate of drug-likeness (QED) is 0.749. The molecule has 0 saturated carbocycles. The molecule has 0 radical (unpaired) electrons. The van der Waals surface area contributed by atoms with Gasteiger partial charge in [0.2, 0.25) is 5.91 Å². The van der Waals surface area contributed by atoms with E-state index < -0.39 is 0 Å². The SMILES string of the molecule is Cn1c(CN)nnc1SCCN1CCCC1=O. The van der Waals surface area contributed by atoms with Crippen molar-refractivity contribution in [1.82, 2.24) is 19.7 Å². The fourth-order valence-corrected chi connectivity index (χ4v) is 2.73. The number of hydrogen-bond donors (Lipinski definition) is 1. The van der Waals surface area contributed by atoms with Crippen LogP contribution in [-0.4, -0.2) is 44.4 Å². The Morgan fingerprint density at radius 2 is 2.29 bits per heavy atom.